The number of methoxy groups -OCH3 is 1. The topological polar surface area (TPSA) is 58.6 Å². The number of benzene rings is 1. The van der Waals surface area contributed by atoms with E-state index in [1.165, 1.54) is 11.3 Å². The number of nitrogens with zero attached hydrogens (tertiary/aromatic N) is 1. The fourth-order valence-corrected chi connectivity index (χ4v) is 3.30. The van der Waals surface area contributed by atoms with Gasteiger partial charge in [-0.1, -0.05) is 6.07 Å². The van der Waals surface area contributed by atoms with Gasteiger partial charge in [-0.3, -0.25) is 9.59 Å². The molecule has 0 unspecified atom stereocenters. The number of hydrogen-bond acceptors (Lipinski definition) is 4. The number of carbonyl (C=O) groups is 2. The number of amides is 2. The molecule has 0 saturated carbocycles. The quantitative estimate of drug-likeness (QED) is 0.916. The lowest BCUT2D eigenvalue weighted by Crippen LogP contribution is -2.30. The highest BCUT2D eigenvalue weighted by Gasteiger charge is 2.30. The molecular weight excluding hydrogens is 312 g/mol. The summed E-state index contributed by atoms with van der Waals surface area (Å²) in [5, 5.41) is 4.78. The van der Waals surface area contributed by atoms with Gasteiger partial charge in [-0.25, -0.2) is 0 Å². The fraction of sp³-hybridized carbons (Fsp3) is 0.294. The van der Waals surface area contributed by atoms with Crippen LogP contribution in [-0.2, 0) is 4.79 Å². The van der Waals surface area contributed by atoms with Gasteiger partial charge in [0.15, 0.2) is 0 Å². The minimum atomic E-state index is -0.0738. The zero-order valence-electron chi connectivity index (χ0n) is 12.8. The summed E-state index contributed by atoms with van der Waals surface area (Å²) in [5.74, 6) is 0.912. The van der Waals surface area contributed by atoms with Crippen LogP contribution in [0.3, 0.4) is 0 Å². The van der Waals surface area contributed by atoms with Crippen LogP contribution in [0.5, 0.6) is 5.75 Å². The molecule has 3 rings (SSSR count). The van der Waals surface area contributed by atoms with E-state index in [1.54, 1.807) is 18.1 Å². The van der Waals surface area contributed by atoms with Crippen LogP contribution in [0.4, 0.5) is 5.69 Å². The first-order valence-corrected chi connectivity index (χ1v) is 8.31. The second kappa shape index (κ2) is 6.83. The van der Waals surface area contributed by atoms with Gasteiger partial charge in [-0.05, 0) is 35.7 Å². The zero-order valence-corrected chi connectivity index (χ0v) is 13.6. The van der Waals surface area contributed by atoms with Gasteiger partial charge in [0.1, 0.15) is 5.75 Å². The van der Waals surface area contributed by atoms with Crippen LogP contribution < -0.4 is 15.0 Å². The average molecular weight is 330 g/mol. The molecule has 0 radical (unpaired) electrons. The van der Waals surface area contributed by atoms with Crippen molar-refractivity contribution < 1.29 is 14.3 Å². The van der Waals surface area contributed by atoms with E-state index in [2.05, 4.69) is 5.32 Å². The number of hydrogen-bond donors (Lipinski definition) is 1. The third-order valence-corrected chi connectivity index (χ3v) is 4.75. The first kappa shape index (κ1) is 15.6. The number of carbonyl (C=O) groups excluding carboxylic acids is 2. The van der Waals surface area contributed by atoms with Gasteiger partial charge in [0.05, 0.1) is 12.0 Å². The second-order valence-electron chi connectivity index (χ2n) is 5.46. The van der Waals surface area contributed by atoms with Crippen molar-refractivity contribution >= 4 is 28.8 Å². The number of ether oxygens (including phenoxy) is 1. The van der Waals surface area contributed by atoms with E-state index >= 15 is 0 Å². The lowest BCUT2D eigenvalue weighted by atomic mass is 10.1. The van der Waals surface area contributed by atoms with Crippen molar-refractivity contribution in [2.45, 2.75) is 6.42 Å². The summed E-state index contributed by atoms with van der Waals surface area (Å²) >= 11 is 1.41. The largest absolute Gasteiger partial charge is 0.497 e. The van der Waals surface area contributed by atoms with Crippen LogP contribution in [-0.4, -0.2) is 32.0 Å². The van der Waals surface area contributed by atoms with Gasteiger partial charge in [0.25, 0.3) is 5.91 Å². The molecule has 1 aliphatic heterocycles. The average Bonchev–Trinajstić information content (AvgIpc) is 3.22. The van der Waals surface area contributed by atoms with Crippen molar-refractivity contribution in [3.05, 3.63) is 46.7 Å². The number of nitrogens with one attached hydrogen (secondary N) is 1. The minimum absolute atomic E-state index is 0.0738. The first-order chi connectivity index (χ1) is 11.2. The molecule has 1 saturated heterocycles. The lowest BCUT2D eigenvalue weighted by Gasteiger charge is -2.17. The Kier molecular flexibility index (Phi) is 4.62. The Morgan fingerprint density at radius 1 is 1.35 bits per heavy atom. The van der Waals surface area contributed by atoms with Crippen LogP contribution in [0.25, 0.3) is 0 Å². The third-order valence-electron chi connectivity index (χ3n) is 3.89. The van der Waals surface area contributed by atoms with Crippen molar-refractivity contribution in [2.75, 3.05) is 25.1 Å². The number of rotatable bonds is 5. The van der Waals surface area contributed by atoms with E-state index in [1.807, 2.05) is 35.7 Å². The standard InChI is InChI=1S/C17H18N2O3S/c1-22-14-6-4-13(5-7-14)19-11-12(9-16(19)20)10-18-17(21)15-3-2-8-23-15/h2-8,12H,9-11H2,1H3,(H,18,21)/t12-/m1/s1. The Bertz CT molecular complexity index is 682. The maximum Gasteiger partial charge on any atom is 0.261 e. The molecule has 1 fully saturated rings. The molecule has 2 heterocycles. The van der Waals surface area contributed by atoms with Crippen LogP contribution in [0, 0.1) is 5.92 Å². The van der Waals surface area contributed by atoms with E-state index in [9.17, 15) is 9.59 Å². The van der Waals surface area contributed by atoms with Crippen LogP contribution in [0.1, 0.15) is 16.1 Å². The summed E-state index contributed by atoms with van der Waals surface area (Å²) in [5.41, 5.74) is 0.864. The number of thiophene rings is 1. The van der Waals surface area contributed by atoms with Gasteiger partial charge < -0.3 is 15.0 Å². The van der Waals surface area contributed by atoms with Crippen molar-refractivity contribution in [2.24, 2.45) is 5.92 Å². The molecule has 2 amide bonds. The van der Waals surface area contributed by atoms with E-state index < -0.39 is 0 Å². The lowest BCUT2D eigenvalue weighted by molar-refractivity contribution is -0.117. The number of anilines is 1. The van der Waals surface area contributed by atoms with Gasteiger partial charge in [-0.2, -0.15) is 0 Å². The predicted molar refractivity (Wildman–Crippen MR) is 90.1 cm³/mol. The minimum Gasteiger partial charge on any atom is -0.497 e. The molecule has 120 valence electrons. The predicted octanol–water partition coefficient (Wildman–Crippen LogP) is 2.54. The van der Waals surface area contributed by atoms with E-state index in [0.717, 1.165) is 11.4 Å². The SMILES string of the molecule is COc1ccc(N2C[C@@H](CNC(=O)c3cccs3)CC2=O)cc1. The summed E-state index contributed by atoms with van der Waals surface area (Å²) in [6, 6.07) is 11.1. The van der Waals surface area contributed by atoms with E-state index in [-0.39, 0.29) is 17.7 Å². The molecule has 0 aliphatic carbocycles. The van der Waals surface area contributed by atoms with E-state index in [0.29, 0.717) is 24.4 Å². The van der Waals surface area contributed by atoms with Crippen LogP contribution >= 0.6 is 11.3 Å². The Morgan fingerprint density at radius 2 is 2.13 bits per heavy atom. The fourth-order valence-electron chi connectivity index (χ4n) is 2.66. The zero-order chi connectivity index (χ0) is 16.2. The maximum absolute atomic E-state index is 12.2. The molecule has 5 nitrogen and oxygen atoms in total. The molecule has 0 bridgehead atoms. The normalized spacial score (nSPS) is 17.3. The van der Waals surface area contributed by atoms with Crippen molar-refractivity contribution in [1.29, 1.82) is 0 Å². The summed E-state index contributed by atoms with van der Waals surface area (Å²) < 4.78 is 5.13. The van der Waals surface area contributed by atoms with Gasteiger partial charge in [0, 0.05) is 31.1 Å². The van der Waals surface area contributed by atoms with Crippen molar-refractivity contribution in [3.63, 3.8) is 0 Å². The Hall–Kier alpha value is -2.34. The molecule has 1 N–H and O–H groups in total. The molecule has 1 aliphatic rings. The highest BCUT2D eigenvalue weighted by molar-refractivity contribution is 7.12. The second-order valence-corrected chi connectivity index (χ2v) is 6.41. The van der Waals surface area contributed by atoms with Gasteiger partial charge in [-0.15, -0.1) is 11.3 Å². The van der Waals surface area contributed by atoms with Gasteiger partial charge >= 0.3 is 0 Å². The van der Waals surface area contributed by atoms with E-state index in [4.69, 9.17) is 4.74 Å². The van der Waals surface area contributed by atoms with Crippen LogP contribution in [0.15, 0.2) is 41.8 Å². The Labute approximate surface area is 138 Å². The smallest absolute Gasteiger partial charge is 0.261 e. The van der Waals surface area contributed by atoms with Crippen LogP contribution in [0.2, 0.25) is 0 Å². The third kappa shape index (κ3) is 3.53. The molecule has 0 spiro atoms. The molecule has 1 aromatic heterocycles. The molecule has 2 aromatic rings. The first-order valence-electron chi connectivity index (χ1n) is 7.43. The molecule has 1 aromatic carbocycles. The molecular formula is C17H18N2O3S. The summed E-state index contributed by atoms with van der Waals surface area (Å²) in [6.45, 7) is 1.13. The van der Waals surface area contributed by atoms with Gasteiger partial charge in [0.2, 0.25) is 5.91 Å². The highest BCUT2D eigenvalue weighted by atomic mass is 32.1. The van der Waals surface area contributed by atoms with Crippen molar-refractivity contribution in [1.82, 2.24) is 5.32 Å². The summed E-state index contributed by atoms with van der Waals surface area (Å²) in [7, 11) is 1.61. The monoisotopic (exact) mass is 330 g/mol. The van der Waals surface area contributed by atoms with Crippen molar-refractivity contribution in [3.8, 4) is 5.75 Å². The summed E-state index contributed by atoms with van der Waals surface area (Å²) in [6.07, 6.45) is 0.455. The maximum atomic E-state index is 12.2. The molecule has 6 heteroatoms. The molecule has 1 atom stereocenters. The Morgan fingerprint density at radius 3 is 2.78 bits per heavy atom. The molecule has 23 heavy (non-hydrogen) atoms. The highest BCUT2D eigenvalue weighted by Crippen LogP contribution is 2.26. The Balaban J connectivity index is 1.57. The summed E-state index contributed by atoms with van der Waals surface area (Å²) in [4.78, 5) is 26.6.